The van der Waals surface area contributed by atoms with Crippen molar-refractivity contribution in [2.24, 2.45) is 0 Å². The van der Waals surface area contributed by atoms with Crippen LogP contribution in [0.5, 0.6) is 0 Å². The van der Waals surface area contributed by atoms with E-state index in [1.165, 1.54) is 23.1 Å². The van der Waals surface area contributed by atoms with E-state index in [1.807, 2.05) is 13.2 Å². The van der Waals surface area contributed by atoms with Crippen LogP contribution in [-0.2, 0) is 15.6 Å². The second-order valence-corrected chi connectivity index (χ2v) is 8.66. The zero-order chi connectivity index (χ0) is 12.5. The first-order valence-electron chi connectivity index (χ1n) is 4.87. The minimum Gasteiger partial charge on any atom is -0.223 e. The number of thiophene rings is 1. The van der Waals surface area contributed by atoms with E-state index in [4.69, 9.17) is 0 Å². The van der Waals surface area contributed by atoms with Gasteiger partial charge in [0.2, 0.25) is 0 Å². The number of hydrogen-bond acceptors (Lipinski definition) is 5. The van der Waals surface area contributed by atoms with Gasteiger partial charge in [-0.05, 0) is 32.6 Å². The summed E-state index contributed by atoms with van der Waals surface area (Å²) in [5.41, 5.74) is 0.873. The number of hydrogen-bond donors (Lipinski definition) is 1. The van der Waals surface area contributed by atoms with Crippen molar-refractivity contribution in [3.63, 3.8) is 0 Å². The molecule has 0 bridgehead atoms. The molecule has 1 aromatic heterocycles. The maximum absolute atomic E-state index is 12.2. The minimum absolute atomic E-state index is 0.375. The first-order valence-corrected chi connectivity index (χ1v) is 9.09. The Morgan fingerprint density at radius 2 is 2.00 bits per heavy atom. The SMILES string of the molecule is CSc1sc(CS)c(C)c1S(=O)(=O)C(C)C. The summed E-state index contributed by atoms with van der Waals surface area (Å²) in [6, 6.07) is 0. The number of sulfone groups is 1. The fourth-order valence-corrected chi connectivity index (χ4v) is 5.95. The predicted octanol–water partition coefficient (Wildman–Crippen LogP) is 3.39. The lowest BCUT2D eigenvalue weighted by Gasteiger charge is -2.09. The van der Waals surface area contributed by atoms with Crippen molar-refractivity contribution in [3.05, 3.63) is 10.4 Å². The van der Waals surface area contributed by atoms with E-state index >= 15 is 0 Å². The topological polar surface area (TPSA) is 34.1 Å². The molecule has 16 heavy (non-hydrogen) atoms. The van der Waals surface area contributed by atoms with Gasteiger partial charge in [0.15, 0.2) is 9.84 Å². The lowest BCUT2D eigenvalue weighted by atomic mass is 10.3. The van der Waals surface area contributed by atoms with Gasteiger partial charge in [0.25, 0.3) is 0 Å². The van der Waals surface area contributed by atoms with Crippen LogP contribution in [0.15, 0.2) is 9.10 Å². The van der Waals surface area contributed by atoms with Gasteiger partial charge in [-0.2, -0.15) is 12.6 Å². The molecule has 1 heterocycles. The summed E-state index contributed by atoms with van der Waals surface area (Å²) in [6.45, 7) is 5.31. The molecule has 0 amide bonds. The molecule has 0 aliphatic rings. The van der Waals surface area contributed by atoms with Crippen LogP contribution in [0.25, 0.3) is 0 Å². The third-order valence-corrected chi connectivity index (χ3v) is 7.91. The Morgan fingerprint density at radius 1 is 1.44 bits per heavy atom. The van der Waals surface area contributed by atoms with Crippen LogP contribution in [0.1, 0.15) is 24.3 Å². The lowest BCUT2D eigenvalue weighted by Crippen LogP contribution is -2.15. The van der Waals surface area contributed by atoms with Gasteiger partial charge < -0.3 is 0 Å². The molecule has 1 aromatic rings. The normalized spacial score (nSPS) is 12.4. The van der Waals surface area contributed by atoms with Gasteiger partial charge in [0, 0.05) is 10.6 Å². The van der Waals surface area contributed by atoms with Gasteiger partial charge in [0.1, 0.15) is 0 Å². The summed E-state index contributed by atoms with van der Waals surface area (Å²) >= 11 is 7.27. The van der Waals surface area contributed by atoms with Crippen molar-refractivity contribution in [1.29, 1.82) is 0 Å². The van der Waals surface area contributed by atoms with E-state index in [2.05, 4.69) is 12.6 Å². The number of rotatable bonds is 4. The molecular formula is C10H16O2S4. The van der Waals surface area contributed by atoms with E-state index in [0.717, 1.165) is 14.6 Å². The average Bonchev–Trinajstić information content (AvgIpc) is 2.54. The van der Waals surface area contributed by atoms with Crippen LogP contribution in [0, 0.1) is 6.92 Å². The van der Waals surface area contributed by atoms with Crippen LogP contribution >= 0.6 is 35.7 Å². The molecule has 6 heteroatoms. The van der Waals surface area contributed by atoms with Crippen molar-refractivity contribution in [3.8, 4) is 0 Å². The van der Waals surface area contributed by atoms with Gasteiger partial charge in [-0.3, -0.25) is 0 Å². The molecule has 0 radical (unpaired) electrons. The molecule has 92 valence electrons. The van der Waals surface area contributed by atoms with Crippen molar-refractivity contribution in [2.75, 3.05) is 6.26 Å². The predicted molar refractivity (Wildman–Crippen MR) is 75.8 cm³/mol. The fourth-order valence-electron chi connectivity index (χ4n) is 1.36. The summed E-state index contributed by atoms with van der Waals surface area (Å²) in [5.74, 6) is 0.595. The molecule has 2 nitrogen and oxygen atoms in total. The van der Waals surface area contributed by atoms with E-state index in [1.54, 1.807) is 13.8 Å². The molecule has 0 saturated carbocycles. The summed E-state index contributed by atoms with van der Waals surface area (Å²) in [6.07, 6.45) is 1.91. The van der Waals surface area contributed by atoms with Crippen molar-refractivity contribution in [1.82, 2.24) is 0 Å². The molecule has 0 aliphatic carbocycles. The summed E-state index contributed by atoms with van der Waals surface area (Å²) in [4.78, 5) is 1.57. The highest BCUT2D eigenvalue weighted by atomic mass is 32.2. The Kier molecular flexibility index (Phi) is 4.80. The second-order valence-electron chi connectivity index (χ2n) is 3.72. The van der Waals surface area contributed by atoms with E-state index in [-0.39, 0.29) is 5.25 Å². The molecular weight excluding hydrogens is 280 g/mol. The molecule has 0 unspecified atom stereocenters. The zero-order valence-electron chi connectivity index (χ0n) is 9.77. The number of thioether (sulfide) groups is 1. The highest BCUT2D eigenvalue weighted by Gasteiger charge is 2.28. The summed E-state index contributed by atoms with van der Waals surface area (Å²) in [5, 5.41) is -0.375. The van der Waals surface area contributed by atoms with Gasteiger partial charge in [-0.1, -0.05) is 0 Å². The first kappa shape index (κ1) is 14.4. The molecule has 0 N–H and O–H groups in total. The molecule has 1 rings (SSSR count). The second kappa shape index (κ2) is 5.33. The van der Waals surface area contributed by atoms with E-state index in [9.17, 15) is 8.42 Å². The smallest absolute Gasteiger partial charge is 0.182 e. The van der Waals surface area contributed by atoms with Crippen molar-refractivity contribution in [2.45, 2.75) is 40.9 Å². The Bertz CT molecular complexity index is 471. The van der Waals surface area contributed by atoms with Gasteiger partial charge in [0.05, 0.1) is 14.4 Å². The minimum atomic E-state index is -3.18. The molecule has 0 aromatic carbocycles. The van der Waals surface area contributed by atoms with Crippen LogP contribution in [0.3, 0.4) is 0 Å². The van der Waals surface area contributed by atoms with Crippen LogP contribution in [0.4, 0.5) is 0 Å². The largest absolute Gasteiger partial charge is 0.223 e. The summed E-state index contributed by atoms with van der Waals surface area (Å²) < 4.78 is 25.3. The molecule has 0 spiro atoms. The molecule has 0 saturated heterocycles. The van der Waals surface area contributed by atoms with Crippen molar-refractivity contribution >= 4 is 45.6 Å². The highest BCUT2D eigenvalue weighted by molar-refractivity contribution is 8.01. The van der Waals surface area contributed by atoms with E-state index < -0.39 is 9.84 Å². The van der Waals surface area contributed by atoms with Gasteiger partial charge >= 0.3 is 0 Å². The van der Waals surface area contributed by atoms with E-state index in [0.29, 0.717) is 10.6 Å². The monoisotopic (exact) mass is 296 g/mol. The number of thiol groups is 1. The van der Waals surface area contributed by atoms with Crippen molar-refractivity contribution < 1.29 is 8.42 Å². The van der Waals surface area contributed by atoms with Gasteiger partial charge in [-0.25, -0.2) is 8.42 Å². The first-order chi connectivity index (χ1) is 7.36. The van der Waals surface area contributed by atoms with Crippen LogP contribution < -0.4 is 0 Å². The third-order valence-electron chi connectivity index (χ3n) is 2.39. The highest BCUT2D eigenvalue weighted by Crippen LogP contribution is 2.39. The Morgan fingerprint density at radius 3 is 2.38 bits per heavy atom. The Hall–Kier alpha value is 0.350. The van der Waals surface area contributed by atoms with Crippen LogP contribution in [0.2, 0.25) is 0 Å². The fraction of sp³-hybridized carbons (Fsp3) is 0.600. The standard InChI is InChI=1S/C10H16O2S4/c1-6(2)16(11,12)9-7(3)8(5-13)15-10(9)14-4/h6,13H,5H2,1-4H3. The molecule has 0 atom stereocenters. The Labute approximate surface area is 111 Å². The molecule has 0 fully saturated rings. The van der Waals surface area contributed by atoms with Gasteiger partial charge in [-0.15, -0.1) is 23.1 Å². The molecule has 0 aliphatic heterocycles. The summed E-state index contributed by atoms with van der Waals surface area (Å²) in [7, 11) is -3.18. The average molecular weight is 297 g/mol. The Balaban J connectivity index is 3.49. The lowest BCUT2D eigenvalue weighted by molar-refractivity contribution is 0.585. The van der Waals surface area contributed by atoms with Crippen LogP contribution in [-0.4, -0.2) is 19.9 Å². The third kappa shape index (κ3) is 2.44. The maximum atomic E-state index is 12.2. The zero-order valence-corrected chi connectivity index (χ0v) is 13.1. The quantitative estimate of drug-likeness (QED) is 0.683. The maximum Gasteiger partial charge on any atom is 0.182 e.